The normalized spacial score (nSPS) is 14.6. The first-order valence-corrected chi connectivity index (χ1v) is 10.6. The van der Waals surface area contributed by atoms with E-state index in [-0.39, 0.29) is 17.7 Å². The molecule has 1 aliphatic heterocycles. The molecule has 33 heavy (non-hydrogen) atoms. The van der Waals surface area contributed by atoms with Crippen LogP contribution >= 0.6 is 0 Å². The summed E-state index contributed by atoms with van der Waals surface area (Å²) in [5.41, 5.74) is 6.93. The summed E-state index contributed by atoms with van der Waals surface area (Å²) < 4.78 is 13.0. The smallest absolute Gasteiger partial charge is 0.319 e. The van der Waals surface area contributed by atoms with Gasteiger partial charge in [0.25, 0.3) is 5.91 Å². The van der Waals surface area contributed by atoms with Crippen LogP contribution in [0.5, 0.6) is 0 Å². The maximum absolute atomic E-state index is 13.6. The van der Waals surface area contributed by atoms with Gasteiger partial charge in [0, 0.05) is 18.8 Å². The number of benzene rings is 3. The van der Waals surface area contributed by atoms with Crippen LogP contribution in [0, 0.1) is 5.82 Å². The fraction of sp³-hybridized carbons (Fsp3) is 0.160. The van der Waals surface area contributed by atoms with Crippen LogP contribution in [0.4, 0.5) is 14.9 Å². The van der Waals surface area contributed by atoms with Crippen molar-refractivity contribution in [3.63, 3.8) is 0 Å². The molecule has 8 heteroatoms. The number of rotatable bonds is 7. The molecule has 0 saturated carbocycles. The molecular weight excluding hydrogens is 421 g/mol. The topological polar surface area (TPSA) is 99.8 Å². The Morgan fingerprint density at radius 2 is 1.52 bits per heavy atom. The summed E-state index contributed by atoms with van der Waals surface area (Å²) in [5.74, 6) is -0.464. The number of urea groups is 1. The summed E-state index contributed by atoms with van der Waals surface area (Å²) in [7, 11) is 0. The van der Waals surface area contributed by atoms with Crippen molar-refractivity contribution in [3.05, 3.63) is 102 Å². The first kappa shape index (κ1) is 22.0. The number of nitrogens with zero attached hydrogens (tertiary/aromatic N) is 2. The summed E-state index contributed by atoms with van der Waals surface area (Å²) in [4.78, 5) is 31.8. The van der Waals surface area contributed by atoms with Gasteiger partial charge in [-0.15, -0.1) is 0 Å². The molecule has 3 aromatic rings. The highest BCUT2D eigenvalue weighted by molar-refractivity contribution is 6.09. The Kier molecular flexibility index (Phi) is 6.35. The molecule has 0 aliphatic carbocycles. The van der Waals surface area contributed by atoms with Crippen molar-refractivity contribution in [2.75, 3.05) is 18.4 Å². The third-order valence-electron chi connectivity index (χ3n) is 5.44. The molecule has 4 rings (SSSR count). The van der Waals surface area contributed by atoms with Gasteiger partial charge in [-0.05, 0) is 41.8 Å². The van der Waals surface area contributed by atoms with Crippen molar-refractivity contribution >= 4 is 23.6 Å². The van der Waals surface area contributed by atoms with Crippen molar-refractivity contribution in [2.24, 2.45) is 10.7 Å². The average Bonchev–Trinajstić information content (AvgIpc) is 3.10. The molecule has 0 atom stereocenters. The van der Waals surface area contributed by atoms with Crippen LogP contribution in [0.25, 0.3) is 0 Å². The highest BCUT2D eigenvalue weighted by atomic mass is 19.1. The Morgan fingerprint density at radius 3 is 2.09 bits per heavy atom. The van der Waals surface area contributed by atoms with E-state index in [4.69, 9.17) is 5.73 Å². The number of carbonyl (C=O) groups excluding carboxylic acids is 2. The van der Waals surface area contributed by atoms with Crippen LogP contribution in [0.2, 0.25) is 0 Å². The second-order valence-corrected chi connectivity index (χ2v) is 7.61. The summed E-state index contributed by atoms with van der Waals surface area (Å²) in [6, 6.07) is 23.8. The average molecular weight is 445 g/mol. The Labute approximate surface area is 191 Å². The molecule has 0 saturated heterocycles. The second kappa shape index (κ2) is 9.52. The highest BCUT2D eigenvalue weighted by Gasteiger charge is 2.50. The molecule has 1 heterocycles. The van der Waals surface area contributed by atoms with Crippen LogP contribution in [-0.4, -0.2) is 35.9 Å². The quantitative estimate of drug-likeness (QED) is 0.486. The SMILES string of the molecule is NC1=NC(c2ccccc2)(c2ccccc2)C(=O)N1CCCNC(=O)Nc1ccc(F)cc1. The molecule has 0 fully saturated rings. The van der Waals surface area contributed by atoms with Gasteiger partial charge in [0.05, 0.1) is 0 Å². The molecule has 3 aromatic carbocycles. The van der Waals surface area contributed by atoms with E-state index < -0.39 is 11.6 Å². The Bertz CT molecular complexity index is 1110. The summed E-state index contributed by atoms with van der Waals surface area (Å²) in [6.45, 7) is 0.611. The first-order chi connectivity index (χ1) is 16.0. The lowest BCUT2D eigenvalue weighted by Gasteiger charge is -2.27. The summed E-state index contributed by atoms with van der Waals surface area (Å²) in [6.07, 6.45) is 0.471. The molecule has 168 valence electrons. The van der Waals surface area contributed by atoms with Gasteiger partial charge in [-0.2, -0.15) is 0 Å². The zero-order valence-corrected chi connectivity index (χ0v) is 17.9. The van der Waals surface area contributed by atoms with E-state index in [2.05, 4.69) is 15.6 Å². The number of hydrogen-bond acceptors (Lipinski definition) is 4. The van der Waals surface area contributed by atoms with Gasteiger partial charge in [0.1, 0.15) is 5.82 Å². The molecule has 3 amide bonds. The van der Waals surface area contributed by atoms with Crippen LogP contribution in [-0.2, 0) is 10.3 Å². The molecule has 0 bridgehead atoms. The number of nitrogens with two attached hydrogens (primary N) is 1. The maximum atomic E-state index is 13.6. The predicted octanol–water partition coefficient (Wildman–Crippen LogP) is 3.44. The Balaban J connectivity index is 1.41. The molecule has 0 spiro atoms. The largest absolute Gasteiger partial charge is 0.369 e. The van der Waals surface area contributed by atoms with Crippen LogP contribution in [0.3, 0.4) is 0 Å². The molecule has 0 aromatic heterocycles. The maximum Gasteiger partial charge on any atom is 0.319 e. The zero-order valence-electron chi connectivity index (χ0n) is 17.9. The van der Waals surface area contributed by atoms with E-state index in [1.807, 2.05) is 60.7 Å². The number of halogens is 1. The molecule has 7 nitrogen and oxygen atoms in total. The van der Waals surface area contributed by atoms with E-state index >= 15 is 0 Å². The fourth-order valence-electron chi connectivity index (χ4n) is 3.84. The van der Waals surface area contributed by atoms with E-state index in [9.17, 15) is 14.0 Å². The van der Waals surface area contributed by atoms with Gasteiger partial charge in [-0.1, -0.05) is 60.7 Å². The summed E-state index contributed by atoms with van der Waals surface area (Å²) >= 11 is 0. The minimum atomic E-state index is -1.24. The minimum Gasteiger partial charge on any atom is -0.369 e. The number of carbonyl (C=O) groups is 2. The van der Waals surface area contributed by atoms with Crippen LogP contribution in [0.1, 0.15) is 17.5 Å². The minimum absolute atomic E-state index is 0.142. The second-order valence-electron chi connectivity index (χ2n) is 7.61. The van der Waals surface area contributed by atoms with Gasteiger partial charge in [-0.25, -0.2) is 14.2 Å². The van der Waals surface area contributed by atoms with E-state index in [0.29, 0.717) is 25.2 Å². The van der Waals surface area contributed by atoms with Crippen molar-refractivity contribution in [1.82, 2.24) is 10.2 Å². The molecular formula is C25H24FN5O2. The van der Waals surface area contributed by atoms with Crippen LogP contribution < -0.4 is 16.4 Å². The van der Waals surface area contributed by atoms with Gasteiger partial charge >= 0.3 is 6.03 Å². The van der Waals surface area contributed by atoms with E-state index in [1.165, 1.54) is 29.2 Å². The monoisotopic (exact) mass is 445 g/mol. The van der Waals surface area contributed by atoms with Crippen molar-refractivity contribution < 1.29 is 14.0 Å². The third kappa shape index (κ3) is 4.55. The lowest BCUT2D eigenvalue weighted by molar-refractivity contribution is -0.130. The molecule has 4 N–H and O–H groups in total. The van der Waals surface area contributed by atoms with Crippen LogP contribution in [0.15, 0.2) is 89.9 Å². The van der Waals surface area contributed by atoms with Gasteiger partial charge in [0.2, 0.25) is 0 Å². The molecule has 0 unspecified atom stereocenters. The van der Waals surface area contributed by atoms with Crippen molar-refractivity contribution in [2.45, 2.75) is 12.0 Å². The highest BCUT2D eigenvalue weighted by Crippen LogP contribution is 2.39. The first-order valence-electron chi connectivity index (χ1n) is 10.6. The van der Waals surface area contributed by atoms with Gasteiger partial charge < -0.3 is 16.4 Å². The lowest BCUT2D eigenvalue weighted by atomic mass is 9.83. The number of guanidine groups is 1. The standard InChI is InChI=1S/C25H24FN5O2/c26-20-12-14-21(15-13-20)29-24(33)28-16-7-17-31-22(32)25(30-23(31)27,18-8-3-1-4-9-18)19-10-5-2-6-11-19/h1-6,8-15H,7,16-17H2,(H2,27,30)(H2,28,29,33). The fourth-order valence-corrected chi connectivity index (χ4v) is 3.84. The van der Waals surface area contributed by atoms with Crippen molar-refractivity contribution in [3.8, 4) is 0 Å². The summed E-state index contributed by atoms with van der Waals surface area (Å²) in [5, 5.41) is 5.35. The number of amides is 3. The van der Waals surface area contributed by atoms with Gasteiger partial charge in [-0.3, -0.25) is 9.69 Å². The Hall–Kier alpha value is -4.20. The number of hydrogen-bond donors (Lipinski definition) is 3. The molecule has 0 radical (unpaired) electrons. The lowest BCUT2D eigenvalue weighted by Crippen LogP contribution is -2.44. The number of aliphatic imine (C=N–C) groups is 1. The number of anilines is 1. The van der Waals surface area contributed by atoms with Gasteiger partial charge in [0.15, 0.2) is 11.5 Å². The predicted molar refractivity (Wildman–Crippen MR) is 125 cm³/mol. The van der Waals surface area contributed by atoms with Crippen molar-refractivity contribution in [1.29, 1.82) is 0 Å². The van der Waals surface area contributed by atoms with E-state index in [1.54, 1.807) is 0 Å². The number of nitrogens with one attached hydrogen (secondary N) is 2. The Morgan fingerprint density at radius 1 is 0.939 bits per heavy atom. The third-order valence-corrected chi connectivity index (χ3v) is 5.44. The van der Waals surface area contributed by atoms with E-state index in [0.717, 1.165) is 11.1 Å². The molecule has 1 aliphatic rings. The zero-order chi connectivity index (χ0) is 23.3.